The molecule has 3 N–H and O–H groups in total. The number of H-pyrrole nitrogens is 2. The summed E-state index contributed by atoms with van der Waals surface area (Å²) in [6, 6.07) is 24.6. The number of hydrogen-bond acceptors (Lipinski definition) is 2. The first-order valence-electron chi connectivity index (χ1n) is 10.4. The van der Waals surface area contributed by atoms with Crippen molar-refractivity contribution in [2.24, 2.45) is 0 Å². The summed E-state index contributed by atoms with van der Waals surface area (Å²) in [4.78, 5) is 23.9. The van der Waals surface area contributed by atoms with Gasteiger partial charge in [0.2, 0.25) is 0 Å². The van der Waals surface area contributed by atoms with E-state index in [-0.39, 0.29) is 11.8 Å². The van der Waals surface area contributed by atoms with Crippen LogP contribution >= 0.6 is 0 Å². The Balaban J connectivity index is 1.42. The summed E-state index contributed by atoms with van der Waals surface area (Å²) in [6.45, 7) is 0.591. The summed E-state index contributed by atoms with van der Waals surface area (Å²) >= 11 is 0. The lowest BCUT2D eigenvalue weighted by molar-refractivity contribution is 0.0942. The van der Waals surface area contributed by atoms with Gasteiger partial charge in [-0.1, -0.05) is 36.4 Å². The molecule has 0 spiro atoms. The maximum Gasteiger partial charge on any atom is 0.253 e. The molecule has 0 fully saturated rings. The predicted octanol–water partition coefficient (Wildman–Crippen LogP) is 5.10. The van der Waals surface area contributed by atoms with Crippen molar-refractivity contribution < 1.29 is 4.79 Å². The summed E-state index contributed by atoms with van der Waals surface area (Å²) in [5, 5.41) is 4.18. The smallest absolute Gasteiger partial charge is 0.253 e. The second-order valence-corrected chi connectivity index (χ2v) is 7.89. The number of carbonyl (C=O) groups is 1. The highest BCUT2D eigenvalue weighted by Crippen LogP contribution is 2.34. The van der Waals surface area contributed by atoms with Gasteiger partial charge in [0, 0.05) is 58.3 Å². The van der Waals surface area contributed by atoms with Crippen molar-refractivity contribution in [2.75, 3.05) is 6.54 Å². The molecule has 0 radical (unpaired) electrons. The van der Waals surface area contributed by atoms with E-state index in [4.69, 9.17) is 0 Å². The fourth-order valence-corrected chi connectivity index (χ4v) is 4.42. The number of benzene rings is 2. The Morgan fingerprint density at radius 3 is 2.71 bits per heavy atom. The molecule has 1 unspecified atom stereocenters. The third kappa shape index (κ3) is 3.02. The molecular weight excluding hydrogens is 384 g/mol. The molecule has 1 atom stereocenters. The van der Waals surface area contributed by atoms with Gasteiger partial charge in [-0.3, -0.25) is 9.78 Å². The summed E-state index contributed by atoms with van der Waals surface area (Å²) in [5.41, 5.74) is 7.87. The van der Waals surface area contributed by atoms with Crippen molar-refractivity contribution in [3.8, 4) is 22.5 Å². The van der Waals surface area contributed by atoms with E-state index in [1.807, 2.05) is 42.7 Å². The van der Waals surface area contributed by atoms with Crippen LogP contribution in [0, 0.1) is 0 Å². The highest BCUT2D eigenvalue weighted by atomic mass is 16.1. The average Bonchev–Trinajstić information content (AvgIpc) is 3.47. The average molecular weight is 404 g/mol. The van der Waals surface area contributed by atoms with Crippen molar-refractivity contribution >= 4 is 16.8 Å². The van der Waals surface area contributed by atoms with E-state index < -0.39 is 0 Å². The number of hydrogen-bond donors (Lipinski definition) is 3. The van der Waals surface area contributed by atoms with Gasteiger partial charge in [0.25, 0.3) is 5.91 Å². The zero-order valence-electron chi connectivity index (χ0n) is 16.7. The van der Waals surface area contributed by atoms with Gasteiger partial charge in [-0.25, -0.2) is 0 Å². The molecule has 150 valence electrons. The highest BCUT2D eigenvalue weighted by molar-refractivity contribution is 5.98. The maximum atomic E-state index is 12.5. The molecule has 31 heavy (non-hydrogen) atoms. The molecule has 0 bridgehead atoms. The van der Waals surface area contributed by atoms with E-state index in [1.54, 1.807) is 0 Å². The zero-order valence-corrected chi connectivity index (χ0v) is 16.7. The van der Waals surface area contributed by atoms with Crippen LogP contribution in [0.15, 0.2) is 85.2 Å². The molecule has 3 aromatic heterocycles. The summed E-state index contributed by atoms with van der Waals surface area (Å²) in [5.74, 6) is 0.0804. The molecule has 5 aromatic rings. The first-order valence-corrected chi connectivity index (χ1v) is 10.4. The topological polar surface area (TPSA) is 73.6 Å². The van der Waals surface area contributed by atoms with E-state index in [9.17, 15) is 4.79 Å². The monoisotopic (exact) mass is 404 g/mol. The Morgan fingerprint density at radius 1 is 0.903 bits per heavy atom. The second-order valence-electron chi connectivity index (χ2n) is 7.89. The summed E-state index contributed by atoms with van der Waals surface area (Å²) < 4.78 is 0. The lowest BCUT2D eigenvalue weighted by Gasteiger charge is -2.23. The molecule has 1 aliphatic rings. The fourth-order valence-electron chi connectivity index (χ4n) is 4.42. The fraction of sp³-hybridized carbons (Fsp3) is 0.0769. The van der Waals surface area contributed by atoms with Crippen molar-refractivity contribution in [3.63, 3.8) is 0 Å². The van der Waals surface area contributed by atoms with E-state index in [1.165, 1.54) is 5.56 Å². The Labute approximate surface area is 179 Å². The second kappa shape index (κ2) is 6.99. The Hall–Kier alpha value is -4.12. The Morgan fingerprint density at radius 2 is 1.81 bits per heavy atom. The normalized spacial score (nSPS) is 15.6. The number of nitrogens with zero attached hydrogens (tertiary/aromatic N) is 1. The molecular formula is C26H20N4O. The van der Waals surface area contributed by atoms with Crippen molar-refractivity contribution in [1.29, 1.82) is 0 Å². The number of rotatable bonds is 3. The van der Waals surface area contributed by atoms with Crippen LogP contribution in [-0.4, -0.2) is 27.4 Å². The standard InChI is InChI=1S/C26H20N4O/c31-26-20-14-24(30-25(20)21(15-29-26)16-4-2-1-3-5-16)19-9-11-28-23(13-19)17-6-7-22-18(12-17)8-10-27-22/h1-14,21,27,30H,15H2,(H,29,31). The molecule has 1 amide bonds. The summed E-state index contributed by atoms with van der Waals surface area (Å²) in [7, 11) is 0. The number of carbonyl (C=O) groups excluding carboxylic acids is 1. The number of aromatic amines is 2. The van der Waals surface area contributed by atoms with E-state index in [0.29, 0.717) is 12.1 Å². The third-order valence-corrected chi connectivity index (χ3v) is 6.03. The molecule has 0 aliphatic carbocycles. The molecule has 5 nitrogen and oxygen atoms in total. The van der Waals surface area contributed by atoms with Crippen molar-refractivity contribution in [2.45, 2.75) is 5.92 Å². The van der Waals surface area contributed by atoms with Gasteiger partial charge in [0.15, 0.2) is 0 Å². The van der Waals surface area contributed by atoms with Crippen LogP contribution < -0.4 is 5.32 Å². The van der Waals surface area contributed by atoms with Gasteiger partial charge >= 0.3 is 0 Å². The van der Waals surface area contributed by atoms with Crippen LogP contribution in [0.25, 0.3) is 33.4 Å². The van der Waals surface area contributed by atoms with Gasteiger partial charge in [0.05, 0.1) is 11.3 Å². The number of fused-ring (bicyclic) bond motifs is 2. The zero-order chi connectivity index (χ0) is 20.8. The Kier molecular flexibility index (Phi) is 3.99. The lowest BCUT2D eigenvalue weighted by Crippen LogP contribution is -2.35. The molecule has 0 saturated heterocycles. The van der Waals surface area contributed by atoms with Crippen LogP contribution in [0.3, 0.4) is 0 Å². The molecule has 0 saturated carbocycles. The molecule has 2 aromatic carbocycles. The first kappa shape index (κ1) is 17.7. The lowest BCUT2D eigenvalue weighted by atomic mass is 9.90. The predicted molar refractivity (Wildman–Crippen MR) is 122 cm³/mol. The maximum absolute atomic E-state index is 12.5. The van der Waals surface area contributed by atoms with Gasteiger partial charge in [-0.15, -0.1) is 0 Å². The van der Waals surface area contributed by atoms with Crippen LogP contribution in [-0.2, 0) is 0 Å². The van der Waals surface area contributed by atoms with E-state index in [2.05, 4.69) is 62.7 Å². The van der Waals surface area contributed by atoms with Gasteiger partial charge < -0.3 is 15.3 Å². The minimum atomic E-state index is -0.0307. The quantitative estimate of drug-likeness (QED) is 0.391. The van der Waals surface area contributed by atoms with Gasteiger partial charge in [0.1, 0.15) is 0 Å². The largest absolute Gasteiger partial charge is 0.361 e. The molecule has 5 heteroatoms. The van der Waals surface area contributed by atoms with Crippen molar-refractivity contribution in [1.82, 2.24) is 20.3 Å². The molecule has 6 rings (SSSR count). The van der Waals surface area contributed by atoms with Crippen LogP contribution in [0.4, 0.5) is 0 Å². The minimum Gasteiger partial charge on any atom is -0.361 e. The summed E-state index contributed by atoms with van der Waals surface area (Å²) in [6.07, 6.45) is 3.76. The van der Waals surface area contributed by atoms with E-state index >= 15 is 0 Å². The molecule has 4 heterocycles. The minimum absolute atomic E-state index is 0.0307. The number of nitrogens with one attached hydrogen (secondary N) is 3. The van der Waals surface area contributed by atoms with E-state index in [0.717, 1.165) is 39.1 Å². The SMILES string of the molecule is O=C1NCC(c2ccccc2)c2[nH]c(-c3ccnc(-c4ccc5[nH]ccc5c4)c3)cc21. The number of pyridine rings is 1. The van der Waals surface area contributed by atoms with Gasteiger partial charge in [-0.2, -0.15) is 0 Å². The van der Waals surface area contributed by atoms with Crippen LogP contribution in [0.2, 0.25) is 0 Å². The van der Waals surface area contributed by atoms with Crippen molar-refractivity contribution in [3.05, 3.63) is 102 Å². The number of amides is 1. The molecule has 1 aliphatic heterocycles. The Bertz CT molecular complexity index is 1410. The van der Waals surface area contributed by atoms with Crippen LogP contribution in [0.5, 0.6) is 0 Å². The number of aromatic nitrogens is 3. The van der Waals surface area contributed by atoms with Gasteiger partial charge in [-0.05, 0) is 42.0 Å². The third-order valence-electron chi connectivity index (χ3n) is 6.03. The first-order chi connectivity index (χ1) is 15.3. The van der Waals surface area contributed by atoms with Crippen LogP contribution in [0.1, 0.15) is 27.5 Å². The highest BCUT2D eigenvalue weighted by Gasteiger charge is 2.29.